The van der Waals surface area contributed by atoms with Gasteiger partial charge < -0.3 is 10.1 Å². The van der Waals surface area contributed by atoms with Crippen molar-refractivity contribution in [3.05, 3.63) is 58.1 Å². The van der Waals surface area contributed by atoms with E-state index in [1.807, 2.05) is 30.3 Å². The maximum Gasteiger partial charge on any atom is 0.128 e. The summed E-state index contributed by atoms with van der Waals surface area (Å²) in [5.41, 5.74) is 2.47. The SMILES string of the molecule is Cc1cccc(Oc2ccc(CNC3CC3)c(Br)c2)c1. The van der Waals surface area contributed by atoms with E-state index in [2.05, 4.69) is 40.3 Å². The first-order valence-electron chi connectivity index (χ1n) is 6.97. The topological polar surface area (TPSA) is 21.3 Å². The maximum absolute atomic E-state index is 5.88. The van der Waals surface area contributed by atoms with E-state index in [1.165, 1.54) is 24.0 Å². The van der Waals surface area contributed by atoms with Crippen molar-refractivity contribution in [2.24, 2.45) is 0 Å². The molecule has 1 N–H and O–H groups in total. The average Bonchev–Trinajstić information content (AvgIpc) is 3.22. The lowest BCUT2D eigenvalue weighted by molar-refractivity contribution is 0.481. The van der Waals surface area contributed by atoms with Gasteiger partial charge in [-0.25, -0.2) is 0 Å². The zero-order valence-electron chi connectivity index (χ0n) is 11.5. The zero-order chi connectivity index (χ0) is 13.9. The summed E-state index contributed by atoms with van der Waals surface area (Å²) in [6, 6.07) is 15.0. The minimum absolute atomic E-state index is 0.727. The Hall–Kier alpha value is -1.32. The van der Waals surface area contributed by atoms with Crippen molar-refractivity contribution in [2.75, 3.05) is 0 Å². The molecule has 0 amide bonds. The number of nitrogens with one attached hydrogen (secondary N) is 1. The molecule has 0 aliphatic heterocycles. The molecule has 0 saturated heterocycles. The van der Waals surface area contributed by atoms with E-state index >= 15 is 0 Å². The van der Waals surface area contributed by atoms with Gasteiger partial charge in [0, 0.05) is 17.1 Å². The van der Waals surface area contributed by atoms with E-state index in [0.717, 1.165) is 28.6 Å². The van der Waals surface area contributed by atoms with Crippen LogP contribution in [0.3, 0.4) is 0 Å². The van der Waals surface area contributed by atoms with Gasteiger partial charge in [0.05, 0.1) is 0 Å². The summed E-state index contributed by atoms with van der Waals surface area (Å²) in [4.78, 5) is 0. The lowest BCUT2D eigenvalue weighted by atomic mass is 10.2. The molecule has 20 heavy (non-hydrogen) atoms. The van der Waals surface area contributed by atoms with Crippen LogP contribution in [0.15, 0.2) is 46.9 Å². The highest BCUT2D eigenvalue weighted by molar-refractivity contribution is 9.10. The monoisotopic (exact) mass is 331 g/mol. The number of rotatable bonds is 5. The Bertz CT molecular complexity index is 608. The smallest absolute Gasteiger partial charge is 0.128 e. The largest absolute Gasteiger partial charge is 0.457 e. The second-order valence-electron chi connectivity index (χ2n) is 5.33. The molecule has 0 atom stereocenters. The highest BCUT2D eigenvalue weighted by Crippen LogP contribution is 2.28. The molecule has 0 radical (unpaired) electrons. The average molecular weight is 332 g/mol. The fraction of sp³-hybridized carbons (Fsp3) is 0.294. The number of hydrogen-bond acceptors (Lipinski definition) is 2. The van der Waals surface area contributed by atoms with Crippen LogP contribution in [0.25, 0.3) is 0 Å². The van der Waals surface area contributed by atoms with Crippen molar-refractivity contribution in [1.29, 1.82) is 0 Å². The molecule has 2 aromatic carbocycles. The number of aryl methyl sites for hydroxylation is 1. The minimum atomic E-state index is 0.727. The van der Waals surface area contributed by atoms with Crippen molar-refractivity contribution in [1.82, 2.24) is 5.32 Å². The molecular weight excluding hydrogens is 314 g/mol. The van der Waals surface area contributed by atoms with Crippen molar-refractivity contribution >= 4 is 15.9 Å². The van der Waals surface area contributed by atoms with Crippen LogP contribution in [-0.4, -0.2) is 6.04 Å². The molecule has 1 aliphatic rings. The predicted molar refractivity (Wildman–Crippen MR) is 85.3 cm³/mol. The summed E-state index contributed by atoms with van der Waals surface area (Å²) in [7, 11) is 0. The second kappa shape index (κ2) is 5.98. The number of benzene rings is 2. The lowest BCUT2D eigenvalue weighted by Gasteiger charge is -2.10. The summed E-state index contributed by atoms with van der Waals surface area (Å²) in [6.07, 6.45) is 2.62. The molecular formula is C17H18BrNO. The standard InChI is InChI=1S/C17H18BrNO/c1-12-3-2-4-15(9-12)20-16-8-5-13(17(18)10-16)11-19-14-6-7-14/h2-5,8-10,14,19H,6-7,11H2,1H3. The van der Waals surface area contributed by atoms with Gasteiger partial charge in [-0.2, -0.15) is 0 Å². The Morgan fingerprint density at radius 3 is 2.65 bits per heavy atom. The van der Waals surface area contributed by atoms with E-state index in [-0.39, 0.29) is 0 Å². The number of halogens is 1. The molecule has 1 aliphatic carbocycles. The molecule has 1 saturated carbocycles. The van der Waals surface area contributed by atoms with Gasteiger partial charge in [0.1, 0.15) is 11.5 Å². The molecule has 0 unspecified atom stereocenters. The minimum Gasteiger partial charge on any atom is -0.457 e. The molecule has 0 aromatic heterocycles. The Morgan fingerprint density at radius 1 is 1.15 bits per heavy atom. The first-order valence-corrected chi connectivity index (χ1v) is 7.76. The van der Waals surface area contributed by atoms with Crippen molar-refractivity contribution in [2.45, 2.75) is 32.4 Å². The summed E-state index contributed by atoms with van der Waals surface area (Å²) >= 11 is 3.63. The molecule has 1 fully saturated rings. The van der Waals surface area contributed by atoms with Gasteiger partial charge in [0.25, 0.3) is 0 Å². The molecule has 0 bridgehead atoms. The third-order valence-electron chi connectivity index (χ3n) is 3.41. The van der Waals surface area contributed by atoms with Gasteiger partial charge in [0.15, 0.2) is 0 Å². The van der Waals surface area contributed by atoms with Crippen LogP contribution in [-0.2, 0) is 6.54 Å². The van der Waals surface area contributed by atoms with Gasteiger partial charge in [-0.15, -0.1) is 0 Å². The number of ether oxygens (including phenoxy) is 1. The van der Waals surface area contributed by atoms with Crippen LogP contribution < -0.4 is 10.1 Å². The van der Waals surface area contributed by atoms with Crippen LogP contribution in [0, 0.1) is 6.92 Å². The molecule has 104 valence electrons. The molecule has 0 heterocycles. The third-order valence-corrected chi connectivity index (χ3v) is 4.15. The fourth-order valence-corrected chi connectivity index (χ4v) is 2.59. The van der Waals surface area contributed by atoms with Crippen LogP contribution in [0.1, 0.15) is 24.0 Å². The molecule has 2 aromatic rings. The van der Waals surface area contributed by atoms with Gasteiger partial charge in [-0.3, -0.25) is 0 Å². The van der Waals surface area contributed by atoms with Gasteiger partial charge in [-0.05, 0) is 55.2 Å². The van der Waals surface area contributed by atoms with Crippen molar-refractivity contribution in [3.63, 3.8) is 0 Å². The van der Waals surface area contributed by atoms with E-state index in [1.54, 1.807) is 0 Å². The molecule has 2 nitrogen and oxygen atoms in total. The zero-order valence-corrected chi connectivity index (χ0v) is 13.1. The quantitative estimate of drug-likeness (QED) is 0.849. The summed E-state index contributed by atoms with van der Waals surface area (Å²) in [5, 5.41) is 3.52. The third kappa shape index (κ3) is 3.62. The van der Waals surface area contributed by atoms with E-state index in [0.29, 0.717) is 0 Å². The van der Waals surface area contributed by atoms with Gasteiger partial charge >= 0.3 is 0 Å². The van der Waals surface area contributed by atoms with E-state index < -0.39 is 0 Å². The van der Waals surface area contributed by atoms with Crippen LogP contribution in [0.4, 0.5) is 0 Å². The first kappa shape index (κ1) is 13.7. The Balaban J connectivity index is 1.69. The Morgan fingerprint density at radius 2 is 1.95 bits per heavy atom. The van der Waals surface area contributed by atoms with Crippen LogP contribution in [0.5, 0.6) is 11.5 Å². The Kier molecular flexibility index (Phi) is 4.08. The predicted octanol–water partition coefficient (Wildman–Crippen LogP) is 4.80. The normalized spacial score (nSPS) is 14.3. The first-order chi connectivity index (χ1) is 9.70. The van der Waals surface area contributed by atoms with Crippen LogP contribution >= 0.6 is 15.9 Å². The van der Waals surface area contributed by atoms with Crippen LogP contribution in [0.2, 0.25) is 0 Å². The highest BCUT2D eigenvalue weighted by atomic mass is 79.9. The van der Waals surface area contributed by atoms with E-state index in [9.17, 15) is 0 Å². The highest BCUT2D eigenvalue weighted by Gasteiger charge is 2.20. The summed E-state index contributed by atoms with van der Waals surface area (Å²) in [5.74, 6) is 1.73. The number of hydrogen-bond donors (Lipinski definition) is 1. The van der Waals surface area contributed by atoms with Crippen molar-refractivity contribution in [3.8, 4) is 11.5 Å². The fourth-order valence-electron chi connectivity index (χ4n) is 2.09. The summed E-state index contributed by atoms with van der Waals surface area (Å²) in [6.45, 7) is 2.98. The Labute approximate surface area is 128 Å². The second-order valence-corrected chi connectivity index (χ2v) is 6.18. The summed E-state index contributed by atoms with van der Waals surface area (Å²) < 4.78 is 6.98. The van der Waals surface area contributed by atoms with Crippen molar-refractivity contribution < 1.29 is 4.74 Å². The van der Waals surface area contributed by atoms with E-state index in [4.69, 9.17) is 4.74 Å². The maximum atomic E-state index is 5.88. The lowest BCUT2D eigenvalue weighted by Crippen LogP contribution is -2.15. The van der Waals surface area contributed by atoms with Gasteiger partial charge in [-0.1, -0.05) is 34.1 Å². The molecule has 0 spiro atoms. The van der Waals surface area contributed by atoms with Gasteiger partial charge in [0.2, 0.25) is 0 Å². The molecule has 3 rings (SSSR count). The molecule has 3 heteroatoms.